The number of pyridine rings is 1. The zero-order valence-electron chi connectivity index (χ0n) is 16.9. The molecule has 0 saturated carbocycles. The molecule has 7 N–H and O–H groups in total. The first-order valence-corrected chi connectivity index (χ1v) is 9.58. The van der Waals surface area contributed by atoms with Crippen LogP contribution in [-0.2, 0) is 10.5 Å². The number of aliphatic hydroxyl groups is 2. The quantitative estimate of drug-likeness (QED) is 0.351. The van der Waals surface area contributed by atoms with E-state index in [0.717, 1.165) is 0 Å². The van der Waals surface area contributed by atoms with Crippen molar-refractivity contribution in [3.8, 4) is 11.3 Å². The van der Waals surface area contributed by atoms with Crippen LogP contribution in [0.1, 0.15) is 12.6 Å². The van der Waals surface area contributed by atoms with Crippen molar-refractivity contribution >= 4 is 29.2 Å². The highest BCUT2D eigenvalue weighted by atomic mass is 16.5. The molecule has 1 aliphatic heterocycles. The fraction of sp³-hybridized carbons (Fsp3) is 0.316. The van der Waals surface area contributed by atoms with Gasteiger partial charge in [-0.1, -0.05) is 0 Å². The molecule has 1 fully saturated rings. The van der Waals surface area contributed by atoms with Gasteiger partial charge in [-0.25, -0.2) is 9.97 Å². The van der Waals surface area contributed by atoms with Crippen LogP contribution < -0.4 is 21.7 Å². The lowest BCUT2D eigenvalue weighted by molar-refractivity contribution is -0.155. The van der Waals surface area contributed by atoms with Crippen molar-refractivity contribution in [2.75, 3.05) is 48.0 Å². The zero-order chi connectivity index (χ0) is 22.0. The van der Waals surface area contributed by atoms with E-state index in [1.165, 1.54) is 25.4 Å². The van der Waals surface area contributed by atoms with Crippen molar-refractivity contribution < 1.29 is 14.9 Å². The number of nitrogen functional groups attached to an aromatic ring is 2. The smallest absolute Gasteiger partial charge is 0.228 e. The van der Waals surface area contributed by atoms with Crippen molar-refractivity contribution in [1.82, 2.24) is 24.9 Å². The fourth-order valence-corrected chi connectivity index (χ4v) is 3.04. The molecule has 1 saturated heterocycles. The number of hydrogen-bond donors (Lipinski definition) is 5. The molecule has 162 valence electrons. The van der Waals surface area contributed by atoms with Crippen LogP contribution in [0.4, 0.5) is 29.2 Å². The standard InChI is InChI=1S/C19H23N9O3/c1-19(29,30)14-3-2-11(9-22-14)24-15-8-13(12-10-23-17(21)27-16(12)20)25-18(26-15)28-4-6-31-7-5-28/h2-3,8-10,29-30H,4-7H2,1H3,(H,24,25,26)(H4,20,21,23,27). The van der Waals surface area contributed by atoms with Crippen molar-refractivity contribution in [2.24, 2.45) is 0 Å². The van der Waals surface area contributed by atoms with E-state index in [9.17, 15) is 10.2 Å². The van der Waals surface area contributed by atoms with Gasteiger partial charge in [0.15, 0.2) is 0 Å². The van der Waals surface area contributed by atoms with Gasteiger partial charge < -0.3 is 36.6 Å². The summed E-state index contributed by atoms with van der Waals surface area (Å²) in [5.74, 6) is -0.735. The van der Waals surface area contributed by atoms with Gasteiger partial charge in [0.05, 0.1) is 42.0 Å². The second-order valence-electron chi connectivity index (χ2n) is 7.14. The summed E-state index contributed by atoms with van der Waals surface area (Å²) in [6.07, 6.45) is 3.00. The van der Waals surface area contributed by atoms with Gasteiger partial charge in [-0.2, -0.15) is 9.97 Å². The number of morpholine rings is 1. The van der Waals surface area contributed by atoms with E-state index in [-0.39, 0.29) is 17.5 Å². The minimum atomic E-state index is -2.02. The first-order valence-electron chi connectivity index (χ1n) is 9.58. The van der Waals surface area contributed by atoms with Gasteiger partial charge in [-0.3, -0.25) is 4.98 Å². The highest BCUT2D eigenvalue weighted by Gasteiger charge is 2.20. The maximum Gasteiger partial charge on any atom is 0.228 e. The summed E-state index contributed by atoms with van der Waals surface area (Å²) >= 11 is 0. The molecule has 0 spiro atoms. The molecule has 0 bridgehead atoms. The molecule has 4 rings (SSSR count). The summed E-state index contributed by atoms with van der Waals surface area (Å²) in [6, 6.07) is 4.90. The van der Waals surface area contributed by atoms with Crippen molar-refractivity contribution in [1.29, 1.82) is 0 Å². The number of nitrogens with two attached hydrogens (primary N) is 2. The third kappa shape index (κ3) is 4.77. The van der Waals surface area contributed by atoms with Gasteiger partial charge in [-0.05, 0) is 19.1 Å². The van der Waals surface area contributed by atoms with Gasteiger partial charge in [0.1, 0.15) is 11.6 Å². The molecule has 4 heterocycles. The molecule has 0 atom stereocenters. The molecule has 0 radical (unpaired) electrons. The fourth-order valence-electron chi connectivity index (χ4n) is 3.04. The molecular formula is C19H23N9O3. The summed E-state index contributed by atoms with van der Waals surface area (Å²) in [6.45, 7) is 3.70. The number of anilines is 5. The van der Waals surface area contributed by atoms with E-state index < -0.39 is 5.79 Å². The Balaban J connectivity index is 1.70. The lowest BCUT2D eigenvalue weighted by atomic mass is 10.2. The molecule has 12 heteroatoms. The molecule has 1 aliphatic rings. The second-order valence-corrected chi connectivity index (χ2v) is 7.14. The van der Waals surface area contributed by atoms with E-state index in [1.807, 2.05) is 4.90 Å². The predicted molar refractivity (Wildman–Crippen MR) is 114 cm³/mol. The summed E-state index contributed by atoms with van der Waals surface area (Å²) in [7, 11) is 0. The monoisotopic (exact) mass is 425 g/mol. The van der Waals surface area contributed by atoms with Crippen LogP contribution in [0, 0.1) is 0 Å². The van der Waals surface area contributed by atoms with Crippen LogP contribution in [-0.4, -0.2) is 61.4 Å². The van der Waals surface area contributed by atoms with E-state index in [2.05, 4.69) is 30.2 Å². The van der Waals surface area contributed by atoms with Crippen molar-refractivity contribution in [3.63, 3.8) is 0 Å². The SMILES string of the molecule is CC(O)(O)c1ccc(Nc2cc(-c3cnc(N)nc3N)nc(N3CCOCC3)n2)cn1. The van der Waals surface area contributed by atoms with Gasteiger partial charge >= 0.3 is 0 Å². The first-order chi connectivity index (χ1) is 14.8. The number of nitrogens with one attached hydrogen (secondary N) is 1. The van der Waals surface area contributed by atoms with Crippen LogP contribution in [0.5, 0.6) is 0 Å². The normalized spacial score (nSPS) is 14.5. The summed E-state index contributed by atoms with van der Waals surface area (Å²) in [5, 5.41) is 22.5. The van der Waals surface area contributed by atoms with Gasteiger partial charge in [-0.15, -0.1) is 0 Å². The molecule has 0 unspecified atom stereocenters. The van der Waals surface area contributed by atoms with E-state index in [0.29, 0.717) is 55.0 Å². The lowest BCUT2D eigenvalue weighted by Gasteiger charge is -2.27. The number of ether oxygens (including phenoxy) is 1. The number of hydrogen-bond acceptors (Lipinski definition) is 12. The van der Waals surface area contributed by atoms with Crippen molar-refractivity contribution in [3.05, 3.63) is 36.3 Å². The Morgan fingerprint density at radius 2 is 1.84 bits per heavy atom. The average molecular weight is 425 g/mol. The summed E-state index contributed by atoms with van der Waals surface area (Å²) in [4.78, 5) is 23.4. The third-order valence-electron chi connectivity index (χ3n) is 4.64. The third-order valence-corrected chi connectivity index (χ3v) is 4.64. The maximum absolute atomic E-state index is 9.66. The number of nitrogens with zero attached hydrogens (tertiary/aromatic N) is 6. The highest BCUT2D eigenvalue weighted by Crippen LogP contribution is 2.28. The van der Waals surface area contributed by atoms with Gasteiger partial charge in [0.25, 0.3) is 0 Å². The Morgan fingerprint density at radius 1 is 1.06 bits per heavy atom. The van der Waals surface area contributed by atoms with Crippen molar-refractivity contribution in [2.45, 2.75) is 12.7 Å². The highest BCUT2D eigenvalue weighted by molar-refractivity contribution is 5.74. The molecule has 12 nitrogen and oxygen atoms in total. The first kappa shape index (κ1) is 20.7. The molecule has 0 aromatic carbocycles. The minimum Gasteiger partial charge on any atom is -0.383 e. The summed E-state index contributed by atoms with van der Waals surface area (Å²) in [5.41, 5.74) is 13.4. The lowest BCUT2D eigenvalue weighted by Crippen LogP contribution is -2.37. The Kier molecular flexibility index (Phi) is 5.50. The van der Waals surface area contributed by atoms with E-state index >= 15 is 0 Å². The largest absolute Gasteiger partial charge is 0.383 e. The van der Waals surface area contributed by atoms with Crippen LogP contribution in [0.25, 0.3) is 11.3 Å². The Bertz CT molecular complexity index is 1060. The minimum absolute atomic E-state index is 0.0768. The molecule has 0 amide bonds. The molecule has 0 aliphatic carbocycles. The van der Waals surface area contributed by atoms with Gasteiger partial charge in [0, 0.05) is 25.4 Å². The average Bonchev–Trinajstić information content (AvgIpc) is 2.74. The zero-order valence-corrected chi connectivity index (χ0v) is 16.9. The van der Waals surface area contributed by atoms with E-state index in [4.69, 9.17) is 16.2 Å². The Morgan fingerprint density at radius 3 is 2.48 bits per heavy atom. The van der Waals surface area contributed by atoms with Crippen LogP contribution >= 0.6 is 0 Å². The Labute approximate surface area is 178 Å². The molecule has 3 aromatic heterocycles. The number of rotatable bonds is 5. The maximum atomic E-state index is 9.66. The Hall–Kier alpha value is -3.61. The molecular weight excluding hydrogens is 402 g/mol. The van der Waals surface area contributed by atoms with E-state index in [1.54, 1.807) is 12.1 Å². The second kappa shape index (κ2) is 8.26. The van der Waals surface area contributed by atoms with Crippen LogP contribution in [0.15, 0.2) is 30.6 Å². The van der Waals surface area contributed by atoms with Crippen LogP contribution in [0.3, 0.4) is 0 Å². The number of aromatic nitrogens is 5. The predicted octanol–water partition coefficient (Wildman–Crippen LogP) is 0.231. The summed E-state index contributed by atoms with van der Waals surface area (Å²) < 4.78 is 5.42. The molecule has 31 heavy (non-hydrogen) atoms. The van der Waals surface area contributed by atoms with Gasteiger partial charge in [0.2, 0.25) is 17.7 Å². The van der Waals surface area contributed by atoms with Crippen LogP contribution in [0.2, 0.25) is 0 Å². The topological polar surface area (TPSA) is 181 Å². The molecule has 3 aromatic rings.